The Morgan fingerprint density at radius 2 is 2.13 bits per heavy atom. The molecule has 0 aliphatic carbocycles. The highest BCUT2D eigenvalue weighted by Gasteiger charge is 2.10. The number of carbonyl (C=O) groups excluding carboxylic acids is 1. The number of carbonyl (C=O) groups is 1. The minimum atomic E-state index is -0.442. The third-order valence-electron chi connectivity index (χ3n) is 2.09. The molecule has 0 aliphatic heterocycles. The molecule has 15 heavy (non-hydrogen) atoms. The molecule has 0 spiro atoms. The van der Waals surface area contributed by atoms with Crippen molar-refractivity contribution in [1.29, 1.82) is 0 Å². The van der Waals surface area contributed by atoms with Crippen molar-refractivity contribution in [1.82, 2.24) is 0 Å². The zero-order valence-electron chi connectivity index (χ0n) is 8.72. The standard InChI is InChI=1S/C12H14FNO/c1-8(2)3-6-12(15)10-7-9(13)4-5-11(10)14/h4-5,7H,1,3,6,14H2,2H3. The molecule has 1 aromatic carbocycles. The van der Waals surface area contributed by atoms with E-state index < -0.39 is 5.82 Å². The van der Waals surface area contributed by atoms with E-state index in [4.69, 9.17) is 5.73 Å². The maximum Gasteiger partial charge on any atom is 0.165 e. The third-order valence-corrected chi connectivity index (χ3v) is 2.09. The molecule has 0 saturated heterocycles. The van der Waals surface area contributed by atoms with E-state index in [1.54, 1.807) is 0 Å². The lowest BCUT2D eigenvalue weighted by Crippen LogP contribution is -2.04. The van der Waals surface area contributed by atoms with Crippen LogP contribution in [0.25, 0.3) is 0 Å². The smallest absolute Gasteiger partial charge is 0.165 e. The predicted molar refractivity (Wildman–Crippen MR) is 59.2 cm³/mol. The molecule has 0 aromatic heterocycles. The molecule has 1 aromatic rings. The van der Waals surface area contributed by atoms with Gasteiger partial charge in [-0.2, -0.15) is 0 Å². The van der Waals surface area contributed by atoms with Gasteiger partial charge in [0.2, 0.25) is 0 Å². The van der Waals surface area contributed by atoms with Gasteiger partial charge in [-0.15, -0.1) is 6.58 Å². The van der Waals surface area contributed by atoms with Gasteiger partial charge in [0.15, 0.2) is 5.78 Å². The molecular formula is C12H14FNO. The number of hydrogen-bond donors (Lipinski definition) is 1. The first-order valence-electron chi connectivity index (χ1n) is 4.73. The van der Waals surface area contributed by atoms with Crippen LogP contribution in [0.15, 0.2) is 30.4 Å². The zero-order valence-corrected chi connectivity index (χ0v) is 8.72. The first-order chi connectivity index (χ1) is 7.00. The van der Waals surface area contributed by atoms with Crippen LogP contribution in [-0.2, 0) is 0 Å². The number of nitrogens with two attached hydrogens (primary N) is 1. The Labute approximate surface area is 88.6 Å². The fourth-order valence-corrected chi connectivity index (χ4v) is 1.23. The van der Waals surface area contributed by atoms with Gasteiger partial charge in [0.25, 0.3) is 0 Å². The number of anilines is 1. The van der Waals surface area contributed by atoms with Crippen molar-refractivity contribution >= 4 is 11.5 Å². The van der Waals surface area contributed by atoms with Crippen LogP contribution < -0.4 is 5.73 Å². The summed E-state index contributed by atoms with van der Waals surface area (Å²) < 4.78 is 12.9. The van der Waals surface area contributed by atoms with Crippen LogP contribution >= 0.6 is 0 Å². The van der Waals surface area contributed by atoms with E-state index in [0.29, 0.717) is 18.5 Å². The van der Waals surface area contributed by atoms with Crippen LogP contribution in [-0.4, -0.2) is 5.78 Å². The fraction of sp³-hybridized carbons (Fsp3) is 0.250. The monoisotopic (exact) mass is 207 g/mol. The van der Waals surface area contributed by atoms with Gasteiger partial charge in [-0.25, -0.2) is 4.39 Å². The molecule has 0 atom stereocenters. The Morgan fingerprint density at radius 3 is 2.73 bits per heavy atom. The maximum absolute atomic E-state index is 12.9. The van der Waals surface area contributed by atoms with Crippen molar-refractivity contribution in [3.05, 3.63) is 41.7 Å². The Balaban J connectivity index is 2.81. The van der Waals surface area contributed by atoms with Crippen LogP contribution in [0.2, 0.25) is 0 Å². The average Bonchev–Trinajstić information content (AvgIpc) is 2.18. The van der Waals surface area contributed by atoms with E-state index in [1.807, 2.05) is 6.92 Å². The molecule has 0 saturated carbocycles. The molecule has 2 N–H and O–H groups in total. The van der Waals surface area contributed by atoms with E-state index in [9.17, 15) is 9.18 Å². The summed E-state index contributed by atoms with van der Waals surface area (Å²) in [5.41, 5.74) is 7.10. The SMILES string of the molecule is C=C(C)CCC(=O)c1cc(F)ccc1N. The second-order valence-electron chi connectivity index (χ2n) is 3.61. The first-order valence-corrected chi connectivity index (χ1v) is 4.73. The van der Waals surface area contributed by atoms with Crippen molar-refractivity contribution in [3.63, 3.8) is 0 Å². The highest BCUT2D eigenvalue weighted by molar-refractivity contribution is 6.00. The molecule has 3 heteroatoms. The molecule has 1 rings (SSSR count). The predicted octanol–water partition coefficient (Wildman–Crippen LogP) is 2.95. The summed E-state index contributed by atoms with van der Waals surface area (Å²) in [6, 6.07) is 3.82. The van der Waals surface area contributed by atoms with Crippen molar-refractivity contribution < 1.29 is 9.18 Å². The third kappa shape index (κ3) is 3.20. The summed E-state index contributed by atoms with van der Waals surface area (Å²) in [4.78, 5) is 11.6. The number of Topliss-reactive ketones (excluding diaryl/α,β-unsaturated/α-hetero) is 1. The topological polar surface area (TPSA) is 43.1 Å². The van der Waals surface area contributed by atoms with Gasteiger partial charge in [-0.3, -0.25) is 4.79 Å². The highest BCUT2D eigenvalue weighted by Crippen LogP contribution is 2.17. The first kappa shape index (κ1) is 11.4. The lowest BCUT2D eigenvalue weighted by molar-refractivity contribution is 0.0983. The Hall–Kier alpha value is -1.64. The molecular weight excluding hydrogens is 193 g/mol. The number of halogens is 1. The van der Waals surface area contributed by atoms with Crippen LogP contribution in [0.4, 0.5) is 10.1 Å². The lowest BCUT2D eigenvalue weighted by Gasteiger charge is -2.04. The van der Waals surface area contributed by atoms with E-state index in [2.05, 4.69) is 6.58 Å². The van der Waals surface area contributed by atoms with E-state index in [1.165, 1.54) is 18.2 Å². The number of hydrogen-bond acceptors (Lipinski definition) is 2. The Bertz CT molecular complexity index is 399. The molecule has 0 amide bonds. The van der Waals surface area contributed by atoms with E-state index >= 15 is 0 Å². The molecule has 0 heterocycles. The summed E-state index contributed by atoms with van der Waals surface area (Å²) in [5, 5.41) is 0. The van der Waals surface area contributed by atoms with Crippen LogP contribution in [0.5, 0.6) is 0 Å². The van der Waals surface area contributed by atoms with Crippen LogP contribution in [0.1, 0.15) is 30.1 Å². The van der Waals surface area contributed by atoms with Gasteiger partial charge in [-0.05, 0) is 31.5 Å². The number of allylic oxidation sites excluding steroid dienone is 1. The normalized spacial score (nSPS) is 10.0. The lowest BCUT2D eigenvalue weighted by atomic mass is 10.0. The maximum atomic E-state index is 12.9. The second-order valence-corrected chi connectivity index (χ2v) is 3.61. The van der Waals surface area contributed by atoms with Crippen molar-refractivity contribution in [2.45, 2.75) is 19.8 Å². The van der Waals surface area contributed by atoms with Crippen molar-refractivity contribution in [2.24, 2.45) is 0 Å². The molecule has 80 valence electrons. The largest absolute Gasteiger partial charge is 0.398 e. The molecule has 0 fully saturated rings. The summed E-state index contributed by atoms with van der Waals surface area (Å²) in [5.74, 6) is -0.585. The Morgan fingerprint density at radius 1 is 1.47 bits per heavy atom. The molecule has 0 aliphatic rings. The van der Waals surface area contributed by atoms with E-state index in [-0.39, 0.29) is 11.3 Å². The van der Waals surface area contributed by atoms with Gasteiger partial charge in [0.05, 0.1) is 0 Å². The summed E-state index contributed by atoms with van der Waals surface area (Å²) in [7, 11) is 0. The van der Waals surface area contributed by atoms with E-state index in [0.717, 1.165) is 5.57 Å². The zero-order chi connectivity index (χ0) is 11.4. The minimum Gasteiger partial charge on any atom is -0.398 e. The van der Waals surface area contributed by atoms with Gasteiger partial charge in [-0.1, -0.05) is 5.57 Å². The molecule has 0 bridgehead atoms. The van der Waals surface area contributed by atoms with Gasteiger partial charge >= 0.3 is 0 Å². The summed E-state index contributed by atoms with van der Waals surface area (Å²) in [6.07, 6.45) is 0.928. The number of benzene rings is 1. The molecule has 0 unspecified atom stereocenters. The van der Waals surface area contributed by atoms with Crippen molar-refractivity contribution in [3.8, 4) is 0 Å². The number of ketones is 1. The minimum absolute atomic E-state index is 0.144. The highest BCUT2D eigenvalue weighted by atomic mass is 19.1. The number of nitrogen functional groups attached to an aromatic ring is 1. The van der Waals surface area contributed by atoms with Gasteiger partial charge < -0.3 is 5.73 Å². The summed E-state index contributed by atoms with van der Waals surface area (Å²) >= 11 is 0. The molecule has 2 nitrogen and oxygen atoms in total. The van der Waals surface area contributed by atoms with Gasteiger partial charge in [0.1, 0.15) is 5.82 Å². The fourth-order valence-electron chi connectivity index (χ4n) is 1.23. The van der Waals surface area contributed by atoms with Crippen molar-refractivity contribution in [2.75, 3.05) is 5.73 Å². The molecule has 0 radical (unpaired) electrons. The quantitative estimate of drug-likeness (QED) is 0.468. The van der Waals surface area contributed by atoms with Crippen LogP contribution in [0.3, 0.4) is 0 Å². The average molecular weight is 207 g/mol. The summed E-state index contributed by atoms with van der Waals surface area (Å²) in [6.45, 7) is 5.55. The van der Waals surface area contributed by atoms with Gasteiger partial charge in [0, 0.05) is 17.7 Å². The van der Waals surface area contributed by atoms with Crippen LogP contribution in [0, 0.1) is 5.82 Å². The second kappa shape index (κ2) is 4.73. The number of rotatable bonds is 4. The Kier molecular flexibility index (Phi) is 3.61.